The largest absolute Gasteiger partial charge is 0.480 e. The molecule has 2 saturated heterocycles. The Morgan fingerprint density at radius 2 is 2.05 bits per heavy atom. The lowest BCUT2D eigenvalue weighted by Crippen LogP contribution is -2.56. The molecule has 0 aromatic rings. The van der Waals surface area contributed by atoms with Gasteiger partial charge in [-0.1, -0.05) is 0 Å². The summed E-state index contributed by atoms with van der Waals surface area (Å²) in [4.78, 5) is 38.4. The number of piperidine rings is 1. The number of carbonyl (C=O) groups excluding carboxylic acids is 2. The number of rotatable bonds is 2. The van der Waals surface area contributed by atoms with Gasteiger partial charge < -0.3 is 19.6 Å². The van der Waals surface area contributed by atoms with Crippen LogP contribution in [0.3, 0.4) is 0 Å². The average Bonchev–Trinajstić information content (AvgIpc) is 2.53. The molecule has 2 unspecified atom stereocenters. The first-order chi connectivity index (χ1) is 10.0. The fraction of sp³-hybridized carbons (Fsp3) is 0.769. The summed E-state index contributed by atoms with van der Waals surface area (Å²) in [6.07, 6.45) is 1.43. The van der Waals surface area contributed by atoms with E-state index in [2.05, 4.69) is 0 Å². The van der Waals surface area contributed by atoms with E-state index < -0.39 is 12.0 Å². The van der Waals surface area contributed by atoms with E-state index >= 15 is 0 Å². The van der Waals surface area contributed by atoms with Crippen LogP contribution in [0, 0.1) is 5.92 Å². The van der Waals surface area contributed by atoms with Crippen molar-refractivity contribution in [1.82, 2.24) is 9.80 Å². The number of likely N-dealkylation sites (tertiary alicyclic amines) is 1. The monoisotopic (exact) mass is 316 g/mol. The summed E-state index contributed by atoms with van der Waals surface area (Å²) in [5.74, 6) is -0.442. The molecular weight excluding hydrogens is 296 g/mol. The van der Waals surface area contributed by atoms with E-state index in [1.165, 1.54) is 12.0 Å². The zero-order valence-corrected chi connectivity index (χ0v) is 12.8. The smallest absolute Gasteiger partial charge is 0.327 e. The zero-order valence-electron chi connectivity index (χ0n) is 12.0. The number of esters is 1. The molecule has 0 aromatic carbocycles. The van der Waals surface area contributed by atoms with E-state index in [1.807, 2.05) is 0 Å². The predicted octanol–water partition coefficient (Wildman–Crippen LogP) is 0.493. The standard InChI is InChI=1S/C13H20N2O5S/c1-20-12(18)9-3-2-4-14(7-9)13(19)15-5-6-21-8-10(15)11(16)17/h9-10H,2-8H2,1H3,(H,16,17). The Hall–Kier alpha value is -1.44. The highest BCUT2D eigenvalue weighted by atomic mass is 32.2. The number of carboxylic acids is 1. The van der Waals surface area contributed by atoms with Gasteiger partial charge in [0.25, 0.3) is 0 Å². The highest BCUT2D eigenvalue weighted by Crippen LogP contribution is 2.23. The Labute approximate surface area is 127 Å². The predicted molar refractivity (Wildman–Crippen MR) is 77.2 cm³/mol. The highest BCUT2D eigenvalue weighted by Gasteiger charge is 2.37. The highest BCUT2D eigenvalue weighted by molar-refractivity contribution is 7.99. The van der Waals surface area contributed by atoms with Gasteiger partial charge >= 0.3 is 18.0 Å². The fourth-order valence-corrected chi connectivity index (χ4v) is 3.77. The molecule has 0 saturated carbocycles. The Morgan fingerprint density at radius 3 is 2.71 bits per heavy atom. The minimum absolute atomic E-state index is 0.281. The first-order valence-corrected chi connectivity index (χ1v) is 8.14. The molecule has 0 radical (unpaired) electrons. The minimum Gasteiger partial charge on any atom is -0.480 e. The molecule has 21 heavy (non-hydrogen) atoms. The van der Waals surface area contributed by atoms with Crippen LogP contribution in [0.5, 0.6) is 0 Å². The van der Waals surface area contributed by atoms with Crippen molar-refractivity contribution >= 4 is 29.7 Å². The number of aliphatic carboxylic acids is 1. The van der Waals surface area contributed by atoms with Crippen LogP contribution >= 0.6 is 11.8 Å². The number of ether oxygens (including phenoxy) is 1. The van der Waals surface area contributed by atoms with Crippen LogP contribution in [0.1, 0.15) is 12.8 Å². The molecule has 0 aromatic heterocycles. The van der Waals surface area contributed by atoms with Gasteiger partial charge in [0.15, 0.2) is 0 Å². The third-order valence-electron chi connectivity index (χ3n) is 3.89. The summed E-state index contributed by atoms with van der Waals surface area (Å²) in [7, 11) is 1.34. The lowest BCUT2D eigenvalue weighted by atomic mass is 9.98. The molecule has 0 aliphatic carbocycles. The number of hydrogen-bond donors (Lipinski definition) is 1. The number of carbonyl (C=O) groups is 3. The van der Waals surface area contributed by atoms with Crippen molar-refractivity contribution in [2.75, 3.05) is 38.2 Å². The van der Waals surface area contributed by atoms with Crippen molar-refractivity contribution < 1.29 is 24.2 Å². The molecule has 0 spiro atoms. The van der Waals surface area contributed by atoms with Crippen LogP contribution < -0.4 is 0 Å². The molecule has 0 bridgehead atoms. The molecule has 8 heteroatoms. The Kier molecular flexibility index (Phi) is 5.33. The van der Waals surface area contributed by atoms with Gasteiger partial charge in [0, 0.05) is 31.1 Å². The van der Waals surface area contributed by atoms with E-state index in [4.69, 9.17) is 4.74 Å². The second-order valence-corrected chi connectivity index (χ2v) is 6.36. The first-order valence-electron chi connectivity index (χ1n) is 6.98. The minimum atomic E-state index is -0.975. The number of carboxylic acid groups (broad SMARTS) is 1. The fourth-order valence-electron chi connectivity index (χ4n) is 2.73. The molecule has 2 amide bonds. The van der Waals surface area contributed by atoms with Crippen molar-refractivity contribution in [3.8, 4) is 0 Å². The first kappa shape index (κ1) is 15.9. The molecule has 118 valence electrons. The second-order valence-electron chi connectivity index (χ2n) is 5.21. The van der Waals surface area contributed by atoms with Crippen molar-refractivity contribution in [2.24, 2.45) is 5.92 Å². The Balaban J connectivity index is 2.04. The summed E-state index contributed by atoms with van der Waals surface area (Å²) in [6, 6.07) is -1.06. The van der Waals surface area contributed by atoms with Crippen LogP contribution in [0.2, 0.25) is 0 Å². The van der Waals surface area contributed by atoms with E-state index in [9.17, 15) is 19.5 Å². The molecule has 2 aliphatic heterocycles. The number of hydrogen-bond acceptors (Lipinski definition) is 5. The maximum atomic E-state index is 12.6. The number of methoxy groups -OCH3 is 1. The lowest BCUT2D eigenvalue weighted by molar-refractivity contribution is -0.147. The molecule has 2 rings (SSSR count). The third-order valence-corrected chi connectivity index (χ3v) is 4.91. The van der Waals surface area contributed by atoms with Gasteiger partial charge in [-0.2, -0.15) is 11.8 Å². The molecule has 2 aliphatic rings. The maximum absolute atomic E-state index is 12.6. The van der Waals surface area contributed by atoms with Crippen molar-refractivity contribution in [3.63, 3.8) is 0 Å². The number of amides is 2. The molecule has 1 N–H and O–H groups in total. The van der Waals surface area contributed by atoms with Crippen LogP contribution in [0.15, 0.2) is 0 Å². The SMILES string of the molecule is COC(=O)C1CCCN(C(=O)N2CCSCC2C(=O)O)C1. The van der Waals surface area contributed by atoms with E-state index in [-0.39, 0.29) is 17.9 Å². The lowest BCUT2D eigenvalue weighted by Gasteiger charge is -2.39. The average molecular weight is 316 g/mol. The van der Waals surface area contributed by atoms with E-state index in [0.717, 1.165) is 12.2 Å². The van der Waals surface area contributed by atoms with E-state index in [0.29, 0.717) is 31.8 Å². The summed E-state index contributed by atoms with van der Waals surface area (Å²) >= 11 is 1.54. The van der Waals surface area contributed by atoms with Gasteiger partial charge in [-0.05, 0) is 12.8 Å². The quantitative estimate of drug-likeness (QED) is 0.746. The van der Waals surface area contributed by atoms with Crippen molar-refractivity contribution in [3.05, 3.63) is 0 Å². The van der Waals surface area contributed by atoms with Gasteiger partial charge in [0.2, 0.25) is 0 Å². The summed E-state index contributed by atoms with van der Waals surface area (Å²) in [5, 5.41) is 9.23. The molecular formula is C13H20N2O5S. The molecule has 2 fully saturated rings. The Bertz CT molecular complexity index is 431. The van der Waals surface area contributed by atoms with Gasteiger partial charge in [-0.25, -0.2) is 9.59 Å². The normalized spacial score (nSPS) is 26.3. The Morgan fingerprint density at radius 1 is 1.29 bits per heavy atom. The zero-order chi connectivity index (χ0) is 15.4. The number of urea groups is 1. The topological polar surface area (TPSA) is 87.2 Å². The maximum Gasteiger partial charge on any atom is 0.327 e. The van der Waals surface area contributed by atoms with Crippen molar-refractivity contribution in [2.45, 2.75) is 18.9 Å². The third kappa shape index (κ3) is 3.61. The van der Waals surface area contributed by atoms with Crippen LogP contribution in [0.25, 0.3) is 0 Å². The van der Waals surface area contributed by atoms with E-state index in [1.54, 1.807) is 16.7 Å². The van der Waals surface area contributed by atoms with Gasteiger partial charge in [0.05, 0.1) is 13.0 Å². The van der Waals surface area contributed by atoms with Gasteiger partial charge in [0.1, 0.15) is 6.04 Å². The number of thioether (sulfide) groups is 1. The molecule has 2 atom stereocenters. The summed E-state index contributed by atoms with van der Waals surface area (Å²) in [6.45, 7) is 1.30. The van der Waals surface area contributed by atoms with Gasteiger partial charge in [-0.15, -0.1) is 0 Å². The van der Waals surface area contributed by atoms with Crippen molar-refractivity contribution in [1.29, 1.82) is 0 Å². The summed E-state index contributed by atoms with van der Waals surface area (Å²) < 4.78 is 4.73. The molecule has 7 nitrogen and oxygen atoms in total. The number of nitrogens with zero attached hydrogens (tertiary/aromatic N) is 2. The van der Waals surface area contributed by atoms with Gasteiger partial charge in [-0.3, -0.25) is 4.79 Å². The molecule has 2 heterocycles. The second kappa shape index (κ2) is 7.02. The van der Waals surface area contributed by atoms with Crippen LogP contribution in [-0.4, -0.2) is 77.2 Å². The van der Waals surface area contributed by atoms with Crippen LogP contribution in [-0.2, 0) is 14.3 Å². The summed E-state index contributed by atoms with van der Waals surface area (Å²) in [5.41, 5.74) is 0. The van der Waals surface area contributed by atoms with Crippen LogP contribution in [0.4, 0.5) is 4.79 Å².